The first-order valence-electron chi connectivity index (χ1n) is 13.9. The molecule has 0 bridgehead atoms. The van der Waals surface area contributed by atoms with Crippen LogP contribution in [0.4, 0.5) is 21.9 Å². The molecule has 0 aromatic heterocycles. The third-order valence-corrected chi connectivity index (χ3v) is 7.24. The number of carbonyl (C=O) groups excluding carboxylic acids is 3. The lowest BCUT2D eigenvalue weighted by Crippen LogP contribution is -2.53. The van der Waals surface area contributed by atoms with Crippen LogP contribution < -0.4 is 15.1 Å². The van der Waals surface area contributed by atoms with Crippen molar-refractivity contribution in [1.29, 1.82) is 0 Å². The molecular formula is C33H32N4O6. The second-order valence-corrected chi connectivity index (χ2v) is 11.4. The summed E-state index contributed by atoms with van der Waals surface area (Å²) in [5.41, 5.74) is 2.12. The number of hydrogen-bond donors (Lipinski definition) is 1. The van der Waals surface area contributed by atoms with E-state index in [9.17, 15) is 24.5 Å². The summed E-state index contributed by atoms with van der Waals surface area (Å²) in [7, 11) is 0. The quantitative estimate of drug-likeness (QED) is 0.223. The number of ether oxygens (including phenoxy) is 1. The van der Waals surface area contributed by atoms with Crippen LogP contribution in [-0.4, -0.2) is 41.0 Å². The van der Waals surface area contributed by atoms with Gasteiger partial charge in [-0.1, -0.05) is 48.5 Å². The van der Waals surface area contributed by atoms with Gasteiger partial charge in [0.1, 0.15) is 11.6 Å². The molecule has 0 fully saturated rings. The molecular weight excluding hydrogens is 548 g/mol. The summed E-state index contributed by atoms with van der Waals surface area (Å²) in [5, 5.41) is 15.9. The molecule has 10 nitrogen and oxygen atoms in total. The van der Waals surface area contributed by atoms with Gasteiger partial charge in [-0.25, -0.2) is 4.79 Å². The largest absolute Gasteiger partial charge is 0.444 e. The zero-order valence-electron chi connectivity index (χ0n) is 24.4. The van der Waals surface area contributed by atoms with E-state index in [1.54, 1.807) is 49.9 Å². The van der Waals surface area contributed by atoms with Gasteiger partial charge >= 0.3 is 6.09 Å². The van der Waals surface area contributed by atoms with Gasteiger partial charge in [0.2, 0.25) is 0 Å². The van der Waals surface area contributed by atoms with E-state index < -0.39 is 34.5 Å². The minimum atomic E-state index is -1.15. The van der Waals surface area contributed by atoms with Gasteiger partial charge in [-0.15, -0.1) is 0 Å². The summed E-state index contributed by atoms with van der Waals surface area (Å²) < 4.78 is 5.46. The standard InChI is InChI=1S/C33H32N4O6/c1-21-13-14-22-9-5-6-10-25(22)26(21)19-35-28-11-7-8-12-29(28)36(30(38)23-15-17-24(18-16-23)37(41)42)20-27(31(35)39)34-32(40)43-33(2,3)4/h5-18,27H,19-20H2,1-4H3,(H,34,40)/t27-/m0/s1. The van der Waals surface area contributed by atoms with Gasteiger partial charge in [0.15, 0.2) is 0 Å². The molecule has 10 heteroatoms. The Morgan fingerprint density at radius 1 is 0.953 bits per heavy atom. The van der Waals surface area contributed by atoms with E-state index in [4.69, 9.17) is 4.74 Å². The fraction of sp³-hybridized carbons (Fsp3) is 0.242. The number of hydrogen-bond acceptors (Lipinski definition) is 6. The first-order chi connectivity index (χ1) is 20.4. The van der Waals surface area contributed by atoms with Crippen molar-refractivity contribution in [2.24, 2.45) is 0 Å². The van der Waals surface area contributed by atoms with E-state index in [-0.39, 0.29) is 24.3 Å². The van der Waals surface area contributed by atoms with E-state index >= 15 is 0 Å². The molecule has 0 radical (unpaired) electrons. The van der Waals surface area contributed by atoms with Gasteiger partial charge in [-0.3, -0.25) is 19.7 Å². The number of amides is 3. The van der Waals surface area contributed by atoms with Crippen LogP contribution in [0.2, 0.25) is 0 Å². The Bertz CT molecular complexity index is 1730. The van der Waals surface area contributed by atoms with E-state index in [0.717, 1.165) is 21.9 Å². The highest BCUT2D eigenvalue weighted by atomic mass is 16.6. The van der Waals surface area contributed by atoms with Crippen LogP contribution in [0.25, 0.3) is 10.8 Å². The van der Waals surface area contributed by atoms with Crippen LogP contribution in [0.3, 0.4) is 0 Å². The highest BCUT2D eigenvalue weighted by Gasteiger charge is 2.38. The number of rotatable bonds is 5. The molecule has 0 aliphatic carbocycles. The summed E-state index contributed by atoms with van der Waals surface area (Å²) in [5.74, 6) is -0.890. The molecule has 4 aromatic rings. The Morgan fingerprint density at radius 3 is 2.28 bits per heavy atom. The van der Waals surface area contributed by atoms with E-state index in [0.29, 0.717) is 11.4 Å². The topological polar surface area (TPSA) is 122 Å². The molecule has 4 aromatic carbocycles. The number of nitro groups is 1. The van der Waals surface area contributed by atoms with Crippen LogP contribution in [0.1, 0.15) is 42.3 Å². The van der Waals surface area contributed by atoms with Crippen molar-refractivity contribution in [3.05, 3.63) is 112 Å². The van der Waals surface area contributed by atoms with Crippen LogP contribution >= 0.6 is 0 Å². The Labute approximate surface area is 249 Å². The molecule has 0 spiro atoms. The van der Waals surface area contributed by atoms with Gasteiger partial charge in [0.25, 0.3) is 17.5 Å². The van der Waals surface area contributed by atoms with Crippen LogP contribution in [0.15, 0.2) is 84.9 Å². The zero-order chi connectivity index (χ0) is 30.9. The second-order valence-electron chi connectivity index (χ2n) is 11.4. The molecule has 1 heterocycles. The fourth-order valence-corrected chi connectivity index (χ4v) is 5.19. The Morgan fingerprint density at radius 2 is 1.60 bits per heavy atom. The lowest BCUT2D eigenvalue weighted by molar-refractivity contribution is -0.384. The first kappa shape index (κ1) is 29.2. The van der Waals surface area contributed by atoms with Gasteiger partial charge in [-0.2, -0.15) is 0 Å². The molecule has 5 rings (SSSR count). The summed E-state index contributed by atoms with van der Waals surface area (Å²) in [6.07, 6.45) is -0.791. The minimum Gasteiger partial charge on any atom is -0.444 e. The monoisotopic (exact) mass is 580 g/mol. The lowest BCUT2D eigenvalue weighted by Gasteiger charge is -2.27. The number of carbonyl (C=O) groups is 3. The Hall–Kier alpha value is -5.25. The van der Waals surface area contributed by atoms with Crippen molar-refractivity contribution in [2.75, 3.05) is 16.3 Å². The maximum absolute atomic E-state index is 14.3. The van der Waals surface area contributed by atoms with Gasteiger partial charge in [0, 0.05) is 17.7 Å². The minimum absolute atomic E-state index is 0.149. The highest BCUT2D eigenvalue weighted by Crippen LogP contribution is 2.36. The van der Waals surface area contributed by atoms with Gasteiger partial charge in [0.05, 0.1) is 29.4 Å². The van der Waals surface area contributed by atoms with Crippen molar-refractivity contribution < 1.29 is 24.0 Å². The van der Waals surface area contributed by atoms with Gasteiger partial charge in [-0.05, 0) is 73.9 Å². The molecule has 0 unspecified atom stereocenters. The number of anilines is 2. The normalized spacial score (nSPS) is 15.1. The molecule has 220 valence electrons. The van der Waals surface area contributed by atoms with E-state index in [1.165, 1.54) is 29.2 Å². The molecule has 3 amide bonds. The summed E-state index contributed by atoms with van der Waals surface area (Å²) in [4.78, 5) is 54.9. The Balaban J connectivity index is 1.61. The smallest absolute Gasteiger partial charge is 0.408 e. The number of nitrogens with one attached hydrogen (secondary N) is 1. The number of alkyl carbamates (subject to hydrolysis) is 1. The number of benzene rings is 4. The van der Waals surface area contributed by atoms with E-state index in [2.05, 4.69) is 5.32 Å². The van der Waals surface area contributed by atoms with Crippen LogP contribution in [0, 0.1) is 17.0 Å². The third-order valence-electron chi connectivity index (χ3n) is 7.24. The predicted octanol–water partition coefficient (Wildman–Crippen LogP) is 6.14. The Kier molecular flexibility index (Phi) is 7.86. The zero-order valence-corrected chi connectivity index (χ0v) is 24.4. The average molecular weight is 581 g/mol. The molecule has 43 heavy (non-hydrogen) atoms. The van der Waals surface area contributed by atoms with Crippen LogP contribution in [-0.2, 0) is 16.1 Å². The number of aryl methyl sites for hydroxylation is 1. The average Bonchev–Trinajstić information content (AvgIpc) is 3.08. The molecule has 1 aliphatic heterocycles. The second kappa shape index (κ2) is 11.6. The molecule has 0 saturated heterocycles. The number of fused-ring (bicyclic) bond motifs is 2. The van der Waals surface area contributed by atoms with E-state index in [1.807, 2.05) is 43.3 Å². The summed E-state index contributed by atoms with van der Waals surface area (Å²) >= 11 is 0. The van der Waals surface area contributed by atoms with Crippen molar-refractivity contribution in [3.63, 3.8) is 0 Å². The third kappa shape index (κ3) is 6.18. The van der Waals surface area contributed by atoms with Crippen molar-refractivity contribution in [1.82, 2.24) is 5.32 Å². The maximum Gasteiger partial charge on any atom is 0.408 e. The number of nitro benzene ring substituents is 1. The SMILES string of the molecule is Cc1ccc2ccccc2c1CN1C(=O)[C@@H](NC(=O)OC(C)(C)C)CN(C(=O)c2ccc([N+](=O)[O-])cc2)c2ccccc21. The number of para-hydroxylation sites is 2. The van der Waals surface area contributed by atoms with Crippen molar-refractivity contribution in [2.45, 2.75) is 45.9 Å². The molecule has 1 aliphatic rings. The first-order valence-corrected chi connectivity index (χ1v) is 13.9. The number of nitrogens with zero attached hydrogens (tertiary/aromatic N) is 3. The number of non-ortho nitro benzene ring substituents is 1. The fourth-order valence-electron chi connectivity index (χ4n) is 5.19. The lowest BCUT2D eigenvalue weighted by atomic mass is 9.99. The van der Waals surface area contributed by atoms with Gasteiger partial charge < -0.3 is 19.9 Å². The molecule has 0 saturated carbocycles. The van der Waals surface area contributed by atoms with Crippen molar-refractivity contribution >= 4 is 45.7 Å². The van der Waals surface area contributed by atoms with Crippen molar-refractivity contribution in [3.8, 4) is 0 Å². The molecule has 1 N–H and O–H groups in total. The molecule has 1 atom stereocenters. The predicted molar refractivity (Wildman–Crippen MR) is 164 cm³/mol. The summed E-state index contributed by atoms with van der Waals surface area (Å²) in [6.45, 7) is 7.15. The highest BCUT2D eigenvalue weighted by molar-refractivity contribution is 6.12. The van der Waals surface area contributed by atoms with Crippen LogP contribution in [0.5, 0.6) is 0 Å². The maximum atomic E-state index is 14.3. The summed E-state index contributed by atoms with van der Waals surface area (Å²) in [6, 6.07) is 23.1.